The predicted octanol–water partition coefficient (Wildman–Crippen LogP) is 20.1. The van der Waals surface area contributed by atoms with Gasteiger partial charge in [-0.1, -0.05) is 0 Å². The summed E-state index contributed by atoms with van der Waals surface area (Å²) in [6, 6.07) is 9.19. The molecule has 0 nitrogen and oxygen atoms in total. The van der Waals surface area contributed by atoms with Gasteiger partial charge >= 0.3 is 83.4 Å². The maximum Gasteiger partial charge on any atom is 0.460 e. The first-order valence-electron chi connectivity index (χ1n) is 18.3. The van der Waals surface area contributed by atoms with Crippen LogP contribution in [0.25, 0.3) is 48.8 Å². The van der Waals surface area contributed by atoms with Gasteiger partial charge in [0.15, 0.2) is 0 Å². The van der Waals surface area contributed by atoms with E-state index in [0.717, 1.165) is 46.9 Å². The molecule has 0 fully saturated rings. The second kappa shape index (κ2) is 17.8. The highest BCUT2D eigenvalue weighted by Gasteiger charge is 2.95. The third-order valence-electron chi connectivity index (χ3n) is 10.3. The van der Waals surface area contributed by atoms with Crippen molar-refractivity contribution in [2.45, 2.75) is 83.4 Å². The van der Waals surface area contributed by atoms with E-state index in [4.69, 9.17) is 0 Å². The third-order valence-corrected chi connectivity index (χ3v) is 17.4. The molecule has 0 aromatic carbocycles. The van der Waals surface area contributed by atoms with E-state index in [-0.39, 0.29) is 54.3 Å². The van der Waals surface area contributed by atoms with Gasteiger partial charge in [-0.05, 0) is 71.4 Å². The molecule has 0 aliphatic carbocycles. The Balaban J connectivity index is 1.24. The molecule has 0 amide bonds. The van der Waals surface area contributed by atoms with Gasteiger partial charge in [-0.2, -0.15) is 132 Å². The molecular weight excluding hydrogens is 1220 g/mol. The first-order chi connectivity index (χ1) is 33.1. The zero-order chi connectivity index (χ0) is 56.7. The van der Waals surface area contributed by atoms with Crippen LogP contribution in [0.5, 0.6) is 0 Å². The Labute approximate surface area is 413 Å². The molecule has 0 saturated heterocycles. The lowest BCUT2D eigenvalue weighted by Crippen LogP contribution is -2.72. The highest BCUT2D eigenvalue weighted by molar-refractivity contribution is 7.30. The predicted molar refractivity (Wildman–Crippen MR) is 210 cm³/mol. The molecule has 6 heterocycles. The normalized spacial score (nSPS) is 15.2. The van der Waals surface area contributed by atoms with Gasteiger partial charge in [0.05, 0.1) is 9.75 Å². The summed E-state index contributed by atoms with van der Waals surface area (Å²) in [5.41, 5.74) is -4.57. The first kappa shape index (κ1) is 59.3. The van der Waals surface area contributed by atoms with E-state index in [9.17, 15) is 114 Å². The number of alkyl halides is 30. The molecule has 6 rings (SSSR count). The van der Waals surface area contributed by atoms with Crippen LogP contribution in [0.4, 0.5) is 132 Å². The van der Waals surface area contributed by atoms with Crippen molar-refractivity contribution in [1.82, 2.24) is 0 Å². The lowest BCUT2D eigenvalue weighted by molar-refractivity contribution is -0.453. The van der Waals surface area contributed by atoms with Crippen molar-refractivity contribution >= 4 is 68.0 Å². The summed E-state index contributed by atoms with van der Waals surface area (Å²) in [5.74, 6) is -95.9. The highest BCUT2D eigenvalue weighted by Crippen LogP contribution is 2.67. The van der Waals surface area contributed by atoms with E-state index >= 15 is 17.6 Å². The maximum absolute atomic E-state index is 15.3. The van der Waals surface area contributed by atoms with Crippen molar-refractivity contribution in [3.05, 3.63) is 82.6 Å². The molecule has 6 aromatic rings. The summed E-state index contributed by atoms with van der Waals surface area (Å²) in [6.07, 6.45) is -15.6. The minimum Gasteiger partial charge on any atom is -0.194 e. The number of halogens is 30. The van der Waals surface area contributed by atoms with Crippen molar-refractivity contribution < 1.29 is 132 Å². The molecule has 0 atom stereocenters. The fraction of sp³-hybridized carbons (Fsp3) is 0.368. The molecule has 0 N–H and O–H groups in total. The van der Waals surface area contributed by atoms with Crippen LogP contribution in [-0.4, -0.2) is 71.6 Å². The molecular formula is C38H12F30S6. The lowest BCUT2D eigenvalue weighted by Gasteiger charge is -2.41. The Morgan fingerprint density at radius 3 is 0.635 bits per heavy atom. The Morgan fingerprint density at radius 2 is 0.405 bits per heavy atom. The van der Waals surface area contributed by atoms with Crippen LogP contribution in [0.3, 0.4) is 0 Å². The standard InChI is InChI=1S/C38H12F30S6/c39-25(40,27(43,44)29(47,48)31(51,52)33(55,56)35(59,60)37(63,64)65)13-9-11-69-23(13)21-7-5-19(73-21)17-3-1-15(71-17)16-2-4-18(72-16)20-6-8-22(74-20)24-14(10-12-70-24)26(41,42)28(45,46)30(49,50)32(53,54)34(57,58)36(61,62)38(66,67)68/h1-12H. The minimum absolute atomic E-state index is 0.0415. The molecule has 0 unspecified atom stereocenters. The molecule has 0 radical (unpaired) electrons. The molecule has 0 aliphatic rings. The van der Waals surface area contributed by atoms with Gasteiger partial charge in [0.2, 0.25) is 0 Å². The van der Waals surface area contributed by atoms with Gasteiger partial charge in [-0.15, -0.1) is 68.0 Å². The Morgan fingerprint density at radius 1 is 0.216 bits per heavy atom. The SMILES string of the molecule is FC(F)(F)C(F)(F)C(F)(F)C(F)(F)C(F)(F)C(F)(F)C(F)(F)c1ccsc1-c1ccc(-c2ccc(-c3ccc(-c4ccc(-c5sccc5C(F)(F)C(F)(F)C(F)(F)C(F)(F)C(F)(F)C(F)(F)C(F)(F)F)s4)s3)s2)s1. The van der Waals surface area contributed by atoms with Crippen molar-refractivity contribution in [3.8, 4) is 48.8 Å². The van der Waals surface area contributed by atoms with Gasteiger partial charge in [-0.25, -0.2) is 0 Å². The van der Waals surface area contributed by atoms with Crippen LogP contribution in [0.1, 0.15) is 11.1 Å². The fourth-order valence-corrected chi connectivity index (χ4v) is 12.6. The molecule has 0 aliphatic heterocycles. The molecule has 410 valence electrons. The zero-order valence-corrected chi connectivity index (χ0v) is 38.6. The van der Waals surface area contributed by atoms with E-state index in [1.54, 1.807) is 0 Å². The van der Waals surface area contributed by atoms with E-state index in [0.29, 0.717) is 43.2 Å². The summed E-state index contributed by atoms with van der Waals surface area (Å²) in [7, 11) is 0. The average molecular weight is 1230 g/mol. The fourth-order valence-electron chi connectivity index (χ4n) is 6.16. The van der Waals surface area contributed by atoms with Gasteiger partial charge in [-0.3, -0.25) is 0 Å². The average Bonchev–Trinajstić information content (AvgIpc) is 4.11. The van der Waals surface area contributed by atoms with E-state index in [2.05, 4.69) is 0 Å². The molecule has 36 heteroatoms. The number of hydrogen-bond acceptors (Lipinski definition) is 6. The quantitative estimate of drug-likeness (QED) is 0.0799. The van der Waals surface area contributed by atoms with Crippen molar-refractivity contribution in [2.75, 3.05) is 0 Å². The van der Waals surface area contributed by atoms with E-state index < -0.39 is 114 Å². The van der Waals surface area contributed by atoms with Crippen LogP contribution >= 0.6 is 68.0 Å². The summed E-state index contributed by atoms with van der Waals surface area (Å²) < 4.78 is 418. The second-order valence-electron chi connectivity index (χ2n) is 14.9. The molecule has 74 heavy (non-hydrogen) atoms. The second-order valence-corrected chi connectivity index (χ2v) is 21.0. The van der Waals surface area contributed by atoms with Crippen LogP contribution in [0.2, 0.25) is 0 Å². The Hall–Kier alpha value is -3.90. The van der Waals surface area contributed by atoms with Crippen molar-refractivity contribution in [2.24, 2.45) is 0 Å². The smallest absolute Gasteiger partial charge is 0.194 e. The van der Waals surface area contributed by atoms with Crippen LogP contribution in [-0.2, 0) is 11.8 Å². The van der Waals surface area contributed by atoms with Crippen molar-refractivity contribution in [1.29, 1.82) is 0 Å². The van der Waals surface area contributed by atoms with Crippen LogP contribution < -0.4 is 0 Å². The summed E-state index contributed by atoms with van der Waals surface area (Å²) in [4.78, 5) is -2.28. The monoisotopic (exact) mass is 1230 g/mol. The summed E-state index contributed by atoms with van der Waals surface area (Å²) in [6.45, 7) is 0. The van der Waals surface area contributed by atoms with E-state index in [1.807, 2.05) is 0 Å². The lowest BCUT2D eigenvalue weighted by atomic mass is 9.88. The molecule has 0 bridgehead atoms. The van der Waals surface area contributed by atoms with Gasteiger partial charge in [0.1, 0.15) is 0 Å². The number of thiophene rings is 6. The van der Waals surface area contributed by atoms with Gasteiger partial charge < -0.3 is 0 Å². The molecule has 0 saturated carbocycles. The summed E-state index contributed by atoms with van der Waals surface area (Å²) >= 11 is 2.63. The topological polar surface area (TPSA) is 0 Å². The number of hydrogen-bond donors (Lipinski definition) is 0. The largest absolute Gasteiger partial charge is 0.460 e. The van der Waals surface area contributed by atoms with Crippen LogP contribution in [0, 0.1) is 0 Å². The maximum atomic E-state index is 15.3. The van der Waals surface area contributed by atoms with E-state index in [1.165, 1.54) is 24.3 Å². The van der Waals surface area contributed by atoms with Crippen LogP contribution in [0.15, 0.2) is 71.4 Å². The molecule has 6 aromatic heterocycles. The molecule has 0 spiro atoms. The van der Waals surface area contributed by atoms with Gasteiger partial charge in [0, 0.05) is 50.1 Å². The Bertz CT molecular complexity index is 2780. The number of rotatable bonds is 17. The minimum atomic E-state index is -8.50. The highest BCUT2D eigenvalue weighted by atomic mass is 32.1. The Kier molecular flexibility index (Phi) is 14.3. The summed E-state index contributed by atoms with van der Waals surface area (Å²) in [5, 5.41) is 0.968. The zero-order valence-electron chi connectivity index (χ0n) is 33.7. The third kappa shape index (κ3) is 8.31. The van der Waals surface area contributed by atoms with Crippen molar-refractivity contribution in [3.63, 3.8) is 0 Å². The van der Waals surface area contributed by atoms with Gasteiger partial charge in [0.25, 0.3) is 0 Å². The first-order valence-corrected chi connectivity index (χ1v) is 23.3.